The smallest absolute Gasteiger partial charge is 0.321 e. The standard InChI is InChI=1S/C31H36N4O9S/c1-19-15-35(20(2)17-36)30(37)25-13-22(33-45(39,40)24-9-7-23(41-4)8-10-24)6-11-26(25)44-29(19)16-34(3)31(38)32-21-5-12-27-28(14-21)43-18-42-27/h5-14,19-20,29,33,36H,15-18H2,1-4H3,(H,32,38)/t19-,20-,29+/m0/s1. The number of fused-ring (bicyclic) bond motifs is 2. The van der Waals surface area contributed by atoms with Gasteiger partial charge in [0.1, 0.15) is 17.6 Å². The van der Waals surface area contributed by atoms with E-state index in [2.05, 4.69) is 10.0 Å². The number of hydrogen-bond donors (Lipinski definition) is 3. The second kappa shape index (κ2) is 13.1. The molecular weight excluding hydrogens is 604 g/mol. The molecule has 0 fully saturated rings. The number of ether oxygens (including phenoxy) is 4. The van der Waals surface area contributed by atoms with Crippen LogP contribution in [0.4, 0.5) is 16.2 Å². The minimum absolute atomic E-state index is 0.0177. The number of anilines is 2. The first kappa shape index (κ1) is 31.7. The van der Waals surface area contributed by atoms with Crippen LogP contribution in [0.25, 0.3) is 0 Å². The first-order valence-electron chi connectivity index (χ1n) is 14.3. The molecule has 0 aliphatic carbocycles. The van der Waals surface area contributed by atoms with Gasteiger partial charge in [-0.15, -0.1) is 0 Å². The van der Waals surface area contributed by atoms with E-state index in [0.29, 0.717) is 22.9 Å². The van der Waals surface area contributed by atoms with Crippen molar-refractivity contribution >= 4 is 33.3 Å². The number of amides is 3. The van der Waals surface area contributed by atoms with Crippen molar-refractivity contribution in [3.63, 3.8) is 0 Å². The van der Waals surface area contributed by atoms with Crippen LogP contribution in [-0.4, -0.2) is 88.1 Å². The number of hydrogen-bond acceptors (Lipinski definition) is 9. The molecule has 3 aromatic rings. The minimum Gasteiger partial charge on any atom is -0.497 e. The van der Waals surface area contributed by atoms with E-state index >= 15 is 0 Å². The number of nitrogens with zero attached hydrogens (tertiary/aromatic N) is 2. The summed E-state index contributed by atoms with van der Waals surface area (Å²) < 4.78 is 50.9. The molecule has 3 aromatic carbocycles. The van der Waals surface area contributed by atoms with Crippen molar-refractivity contribution in [2.75, 3.05) is 50.7 Å². The van der Waals surface area contributed by atoms with Gasteiger partial charge in [0.05, 0.1) is 36.8 Å². The van der Waals surface area contributed by atoms with Crippen LogP contribution in [0.3, 0.4) is 0 Å². The fraction of sp³-hybridized carbons (Fsp3) is 0.355. The predicted molar refractivity (Wildman–Crippen MR) is 166 cm³/mol. The monoisotopic (exact) mass is 640 g/mol. The third-order valence-electron chi connectivity index (χ3n) is 7.71. The lowest BCUT2D eigenvalue weighted by Crippen LogP contribution is -2.50. The summed E-state index contributed by atoms with van der Waals surface area (Å²) in [5, 5.41) is 12.8. The Hall–Kier alpha value is -4.69. The third kappa shape index (κ3) is 7.02. The molecule has 3 N–H and O–H groups in total. The second-order valence-electron chi connectivity index (χ2n) is 11.0. The Morgan fingerprint density at radius 2 is 1.76 bits per heavy atom. The van der Waals surface area contributed by atoms with Crippen molar-refractivity contribution in [1.29, 1.82) is 0 Å². The maximum Gasteiger partial charge on any atom is 0.321 e. The topological polar surface area (TPSA) is 156 Å². The Bertz CT molecular complexity index is 1670. The van der Waals surface area contributed by atoms with Crippen LogP contribution in [0.15, 0.2) is 65.6 Å². The van der Waals surface area contributed by atoms with E-state index in [9.17, 15) is 23.1 Å². The summed E-state index contributed by atoms with van der Waals surface area (Å²) in [6.07, 6.45) is -0.556. The highest BCUT2D eigenvalue weighted by molar-refractivity contribution is 7.92. The number of nitrogens with one attached hydrogen (secondary N) is 2. The van der Waals surface area contributed by atoms with Gasteiger partial charge in [0.15, 0.2) is 11.5 Å². The molecule has 240 valence electrons. The van der Waals surface area contributed by atoms with Crippen molar-refractivity contribution in [2.45, 2.75) is 30.9 Å². The zero-order chi connectivity index (χ0) is 32.3. The first-order valence-corrected chi connectivity index (χ1v) is 15.8. The van der Waals surface area contributed by atoms with Crippen molar-refractivity contribution in [1.82, 2.24) is 9.80 Å². The molecule has 3 atom stereocenters. The Morgan fingerprint density at radius 3 is 2.47 bits per heavy atom. The molecule has 0 radical (unpaired) electrons. The normalized spacial score (nSPS) is 18.2. The Kier molecular flexibility index (Phi) is 9.25. The average Bonchev–Trinajstić information content (AvgIpc) is 3.50. The van der Waals surface area contributed by atoms with Crippen molar-refractivity contribution in [3.05, 3.63) is 66.2 Å². The number of aliphatic hydroxyl groups excluding tert-OH is 1. The molecule has 0 unspecified atom stereocenters. The summed E-state index contributed by atoms with van der Waals surface area (Å²) in [5.41, 5.74) is 0.810. The van der Waals surface area contributed by atoms with Gasteiger partial charge in [0, 0.05) is 37.0 Å². The summed E-state index contributed by atoms with van der Waals surface area (Å²) in [5.74, 6) is 1.21. The molecule has 13 nitrogen and oxygen atoms in total. The fourth-order valence-corrected chi connectivity index (χ4v) is 6.07. The van der Waals surface area contributed by atoms with Gasteiger partial charge in [-0.3, -0.25) is 9.52 Å². The van der Waals surface area contributed by atoms with Gasteiger partial charge in [0.25, 0.3) is 15.9 Å². The van der Waals surface area contributed by atoms with Gasteiger partial charge >= 0.3 is 6.03 Å². The molecule has 14 heteroatoms. The number of urea groups is 1. The van der Waals surface area contributed by atoms with Gasteiger partial charge in [-0.2, -0.15) is 0 Å². The molecule has 0 spiro atoms. The zero-order valence-corrected chi connectivity index (χ0v) is 26.2. The molecule has 3 amide bonds. The molecule has 45 heavy (non-hydrogen) atoms. The van der Waals surface area contributed by atoms with Gasteiger partial charge in [-0.05, 0) is 61.5 Å². The number of carbonyl (C=O) groups excluding carboxylic acids is 2. The second-order valence-corrected chi connectivity index (χ2v) is 12.7. The van der Waals surface area contributed by atoms with Crippen LogP contribution in [0.1, 0.15) is 24.2 Å². The first-order chi connectivity index (χ1) is 21.5. The fourth-order valence-electron chi connectivity index (χ4n) is 5.02. The molecular formula is C31H36N4O9S. The number of benzene rings is 3. The van der Waals surface area contributed by atoms with Crippen LogP contribution >= 0.6 is 0 Å². The molecule has 0 aromatic heterocycles. The van der Waals surface area contributed by atoms with E-state index < -0.39 is 28.1 Å². The lowest BCUT2D eigenvalue weighted by atomic mass is 9.99. The average molecular weight is 641 g/mol. The van der Waals surface area contributed by atoms with Crippen LogP contribution in [0, 0.1) is 5.92 Å². The summed E-state index contributed by atoms with van der Waals surface area (Å²) >= 11 is 0. The summed E-state index contributed by atoms with van der Waals surface area (Å²) in [4.78, 5) is 29.9. The summed E-state index contributed by atoms with van der Waals surface area (Å²) in [6, 6.07) is 14.5. The number of rotatable bonds is 9. The molecule has 0 saturated carbocycles. The largest absolute Gasteiger partial charge is 0.497 e. The Balaban J connectivity index is 1.38. The quantitative estimate of drug-likeness (QED) is 0.318. The minimum atomic E-state index is -3.98. The van der Waals surface area contributed by atoms with Crippen molar-refractivity contribution < 1.29 is 42.1 Å². The van der Waals surface area contributed by atoms with Gasteiger partial charge < -0.3 is 39.2 Å². The number of aliphatic hydroxyl groups is 1. The number of likely N-dealkylation sites (N-methyl/N-ethyl adjacent to an activating group) is 1. The molecule has 2 aliphatic heterocycles. The van der Waals surface area contributed by atoms with E-state index in [1.165, 1.54) is 59.4 Å². The maximum absolute atomic E-state index is 13.8. The van der Waals surface area contributed by atoms with E-state index in [1.807, 2.05) is 6.92 Å². The SMILES string of the molecule is COc1ccc(S(=O)(=O)Nc2ccc3c(c2)C(=O)N([C@@H](C)CO)C[C@H](C)[C@@H](CN(C)C(=O)Nc2ccc4c(c2)OCO4)O3)cc1. The lowest BCUT2D eigenvalue weighted by molar-refractivity contribution is 0.0371. The van der Waals surface area contributed by atoms with E-state index in [1.54, 1.807) is 32.2 Å². The number of sulfonamides is 1. The van der Waals surface area contributed by atoms with E-state index in [4.69, 9.17) is 18.9 Å². The van der Waals surface area contributed by atoms with Crippen molar-refractivity contribution in [2.24, 2.45) is 5.92 Å². The summed E-state index contributed by atoms with van der Waals surface area (Å²) in [7, 11) is -0.866. The van der Waals surface area contributed by atoms with Crippen LogP contribution in [-0.2, 0) is 10.0 Å². The van der Waals surface area contributed by atoms with Gasteiger partial charge in [0.2, 0.25) is 6.79 Å². The zero-order valence-electron chi connectivity index (χ0n) is 25.3. The highest BCUT2D eigenvalue weighted by Gasteiger charge is 2.34. The number of carbonyl (C=O) groups is 2. The molecule has 5 rings (SSSR count). The van der Waals surface area contributed by atoms with Crippen molar-refractivity contribution in [3.8, 4) is 23.0 Å². The highest BCUT2D eigenvalue weighted by Crippen LogP contribution is 2.35. The van der Waals surface area contributed by atoms with Crippen LogP contribution in [0.2, 0.25) is 0 Å². The molecule has 0 bridgehead atoms. The third-order valence-corrected chi connectivity index (χ3v) is 9.11. The van der Waals surface area contributed by atoms with Crippen LogP contribution in [0.5, 0.6) is 23.0 Å². The van der Waals surface area contributed by atoms with E-state index in [0.717, 1.165) is 0 Å². The van der Waals surface area contributed by atoms with Gasteiger partial charge in [-0.25, -0.2) is 13.2 Å². The highest BCUT2D eigenvalue weighted by atomic mass is 32.2. The molecule has 0 saturated heterocycles. The Morgan fingerprint density at radius 1 is 1.07 bits per heavy atom. The van der Waals surface area contributed by atoms with Crippen LogP contribution < -0.4 is 29.0 Å². The van der Waals surface area contributed by atoms with Gasteiger partial charge in [-0.1, -0.05) is 6.92 Å². The maximum atomic E-state index is 13.8. The van der Waals surface area contributed by atoms with E-state index in [-0.39, 0.29) is 60.3 Å². The lowest BCUT2D eigenvalue weighted by Gasteiger charge is -2.38. The molecule has 2 aliphatic rings. The predicted octanol–water partition coefficient (Wildman–Crippen LogP) is 3.61. The molecule has 2 heterocycles. The Labute approximate surface area is 261 Å². The summed E-state index contributed by atoms with van der Waals surface area (Å²) in [6.45, 7) is 3.86. The number of methoxy groups -OCH3 is 1.